The molecule has 0 radical (unpaired) electrons. The van der Waals surface area contributed by atoms with Crippen LogP contribution in [0.1, 0.15) is 10.5 Å². The first-order valence-corrected chi connectivity index (χ1v) is 7.90. The zero-order valence-electron chi connectivity index (χ0n) is 14.2. The molecule has 0 fully saturated rings. The van der Waals surface area contributed by atoms with Crippen LogP contribution in [0.25, 0.3) is 10.8 Å². The van der Waals surface area contributed by atoms with Crippen LogP contribution in [-0.4, -0.2) is 33.5 Å². The quantitative estimate of drug-likeness (QED) is 0.432. The summed E-state index contributed by atoms with van der Waals surface area (Å²) in [6, 6.07) is 11.9. The molecule has 2 aromatic carbocycles. The smallest absolute Gasteiger partial charge is 0.310 e. The van der Waals surface area contributed by atoms with Gasteiger partial charge in [0.2, 0.25) is 0 Å². The van der Waals surface area contributed by atoms with Gasteiger partial charge in [-0.05, 0) is 12.1 Å². The fourth-order valence-corrected chi connectivity index (χ4v) is 2.38. The largest absolute Gasteiger partial charge is 0.477 e. The molecule has 0 aliphatic carbocycles. The molecule has 11 heteroatoms. The number of para-hydroxylation sites is 2. The van der Waals surface area contributed by atoms with Gasteiger partial charge in [-0.3, -0.25) is 35.3 Å². The molecule has 1 aromatic heterocycles. The molecular formula is C17H13N5O6. The number of H-pyrrole nitrogens is 1. The topological polar surface area (TPSA) is 156 Å². The predicted molar refractivity (Wildman–Crippen MR) is 96.6 cm³/mol. The number of nitro groups is 1. The summed E-state index contributed by atoms with van der Waals surface area (Å²) in [5.41, 5.74) is 3.43. The van der Waals surface area contributed by atoms with Crippen molar-refractivity contribution in [1.29, 1.82) is 0 Å². The molecule has 0 saturated carbocycles. The predicted octanol–water partition coefficient (Wildman–Crippen LogP) is 0.671. The second kappa shape index (κ2) is 7.95. The number of amides is 2. The highest BCUT2D eigenvalue weighted by atomic mass is 16.6. The minimum atomic E-state index is -0.758. The number of aromatic amines is 1. The van der Waals surface area contributed by atoms with Gasteiger partial charge in [0.15, 0.2) is 18.1 Å². The molecule has 28 heavy (non-hydrogen) atoms. The summed E-state index contributed by atoms with van der Waals surface area (Å²) in [5.74, 6) is -1.59. The lowest BCUT2D eigenvalue weighted by Gasteiger charge is -2.09. The molecular weight excluding hydrogens is 370 g/mol. The van der Waals surface area contributed by atoms with Gasteiger partial charge in [-0.15, -0.1) is 0 Å². The van der Waals surface area contributed by atoms with Crippen molar-refractivity contribution in [3.63, 3.8) is 0 Å². The number of carbonyl (C=O) groups excluding carboxylic acids is 2. The molecule has 1 heterocycles. The van der Waals surface area contributed by atoms with E-state index in [2.05, 4.69) is 21.0 Å². The SMILES string of the molecule is O=C(COc1ccccc1[N+](=O)[O-])NNC(=O)c1n[nH]c(=O)c2ccccc12. The zero-order chi connectivity index (χ0) is 20.1. The summed E-state index contributed by atoms with van der Waals surface area (Å²) >= 11 is 0. The molecule has 3 aromatic rings. The third kappa shape index (κ3) is 3.93. The molecule has 0 unspecified atom stereocenters. The molecule has 0 atom stereocenters. The monoisotopic (exact) mass is 383 g/mol. The molecule has 2 amide bonds. The minimum absolute atomic E-state index is 0.0812. The second-order valence-electron chi connectivity index (χ2n) is 5.46. The lowest BCUT2D eigenvalue weighted by Crippen LogP contribution is -2.44. The van der Waals surface area contributed by atoms with Crippen LogP contribution in [0, 0.1) is 10.1 Å². The van der Waals surface area contributed by atoms with Crippen molar-refractivity contribution in [3.8, 4) is 5.75 Å². The van der Waals surface area contributed by atoms with Crippen LogP contribution in [0.15, 0.2) is 53.3 Å². The third-order valence-corrected chi connectivity index (χ3v) is 3.65. The average Bonchev–Trinajstić information content (AvgIpc) is 2.71. The number of benzene rings is 2. The minimum Gasteiger partial charge on any atom is -0.477 e. The first-order valence-electron chi connectivity index (χ1n) is 7.90. The highest BCUT2D eigenvalue weighted by Gasteiger charge is 2.17. The zero-order valence-corrected chi connectivity index (χ0v) is 14.2. The molecule has 142 valence electrons. The van der Waals surface area contributed by atoms with E-state index in [0.29, 0.717) is 5.39 Å². The van der Waals surface area contributed by atoms with E-state index in [1.54, 1.807) is 18.2 Å². The van der Waals surface area contributed by atoms with E-state index in [-0.39, 0.29) is 22.5 Å². The number of hydrogen-bond acceptors (Lipinski definition) is 7. The second-order valence-corrected chi connectivity index (χ2v) is 5.46. The summed E-state index contributed by atoms with van der Waals surface area (Å²) in [4.78, 5) is 46.1. The van der Waals surface area contributed by atoms with Crippen LogP contribution >= 0.6 is 0 Å². The van der Waals surface area contributed by atoms with E-state index in [0.717, 1.165) is 0 Å². The van der Waals surface area contributed by atoms with Gasteiger partial charge in [-0.25, -0.2) is 5.10 Å². The van der Waals surface area contributed by atoms with Crippen molar-refractivity contribution in [3.05, 3.63) is 74.7 Å². The first kappa shape index (κ1) is 18.5. The summed E-state index contributed by atoms with van der Waals surface area (Å²) in [6.07, 6.45) is 0. The van der Waals surface area contributed by atoms with Crippen LogP contribution < -0.4 is 21.1 Å². The molecule has 0 spiro atoms. The number of hydrazine groups is 1. The van der Waals surface area contributed by atoms with Crippen molar-refractivity contribution in [2.45, 2.75) is 0 Å². The molecule has 3 rings (SSSR count). The Morgan fingerprint density at radius 2 is 1.75 bits per heavy atom. The molecule has 11 nitrogen and oxygen atoms in total. The maximum absolute atomic E-state index is 12.3. The van der Waals surface area contributed by atoms with Crippen molar-refractivity contribution in [2.75, 3.05) is 6.61 Å². The fourth-order valence-electron chi connectivity index (χ4n) is 2.38. The van der Waals surface area contributed by atoms with Gasteiger partial charge in [-0.1, -0.05) is 30.3 Å². The maximum atomic E-state index is 12.3. The fraction of sp³-hybridized carbons (Fsp3) is 0.0588. The third-order valence-electron chi connectivity index (χ3n) is 3.65. The Kier molecular flexibility index (Phi) is 5.25. The van der Waals surface area contributed by atoms with Crippen LogP contribution in [0.5, 0.6) is 5.75 Å². The van der Waals surface area contributed by atoms with Gasteiger partial charge in [0.25, 0.3) is 17.4 Å². The molecule has 0 saturated heterocycles. The Balaban J connectivity index is 1.63. The average molecular weight is 383 g/mol. The number of aromatic nitrogens is 2. The van der Waals surface area contributed by atoms with Gasteiger partial charge in [0.05, 0.1) is 10.3 Å². The van der Waals surface area contributed by atoms with E-state index < -0.39 is 28.9 Å². The van der Waals surface area contributed by atoms with Gasteiger partial charge >= 0.3 is 5.69 Å². The molecule has 0 bridgehead atoms. The van der Waals surface area contributed by atoms with Crippen LogP contribution in [0.3, 0.4) is 0 Å². The normalized spacial score (nSPS) is 10.3. The highest BCUT2D eigenvalue weighted by Crippen LogP contribution is 2.25. The summed E-state index contributed by atoms with van der Waals surface area (Å²) < 4.78 is 5.12. The van der Waals surface area contributed by atoms with Gasteiger partial charge < -0.3 is 4.74 Å². The van der Waals surface area contributed by atoms with E-state index in [4.69, 9.17) is 4.74 Å². The van der Waals surface area contributed by atoms with E-state index in [9.17, 15) is 24.5 Å². The van der Waals surface area contributed by atoms with Crippen molar-refractivity contribution >= 4 is 28.3 Å². The lowest BCUT2D eigenvalue weighted by molar-refractivity contribution is -0.385. The van der Waals surface area contributed by atoms with Gasteiger partial charge in [0, 0.05) is 11.5 Å². The number of nitrogens with one attached hydrogen (secondary N) is 3. The Hall–Kier alpha value is -4.28. The highest BCUT2D eigenvalue weighted by molar-refractivity contribution is 6.05. The number of nitrogens with zero attached hydrogens (tertiary/aromatic N) is 2. The Labute approximate surface area is 156 Å². The summed E-state index contributed by atoms with van der Waals surface area (Å²) in [7, 11) is 0. The Morgan fingerprint density at radius 3 is 2.50 bits per heavy atom. The van der Waals surface area contributed by atoms with Gasteiger partial charge in [0.1, 0.15) is 0 Å². The van der Waals surface area contributed by atoms with Gasteiger partial charge in [-0.2, -0.15) is 5.10 Å². The van der Waals surface area contributed by atoms with Crippen molar-refractivity contribution in [1.82, 2.24) is 21.0 Å². The number of hydrogen-bond donors (Lipinski definition) is 3. The van der Waals surface area contributed by atoms with Crippen LogP contribution in [-0.2, 0) is 4.79 Å². The number of ether oxygens (including phenoxy) is 1. The van der Waals surface area contributed by atoms with Crippen LogP contribution in [0.4, 0.5) is 5.69 Å². The Morgan fingerprint density at radius 1 is 1.07 bits per heavy atom. The number of rotatable bonds is 5. The molecule has 0 aliphatic heterocycles. The summed E-state index contributed by atoms with van der Waals surface area (Å²) in [5, 5.41) is 17.4. The number of fused-ring (bicyclic) bond motifs is 1. The standard InChI is InChI=1S/C17H13N5O6/c23-14(9-28-13-8-4-3-7-12(13)22(26)27)18-21-17(25)15-10-5-1-2-6-11(10)16(24)20-19-15/h1-8H,9H2,(H,18,23)(H,20,24)(H,21,25). The Bertz CT molecular complexity index is 1130. The molecule has 3 N–H and O–H groups in total. The molecule has 0 aliphatic rings. The number of carbonyl (C=O) groups is 2. The lowest BCUT2D eigenvalue weighted by atomic mass is 10.1. The summed E-state index contributed by atoms with van der Waals surface area (Å²) in [6.45, 7) is -0.565. The van der Waals surface area contributed by atoms with E-state index in [1.807, 2.05) is 0 Å². The maximum Gasteiger partial charge on any atom is 0.310 e. The van der Waals surface area contributed by atoms with Crippen molar-refractivity contribution < 1.29 is 19.2 Å². The number of nitro benzene ring substituents is 1. The first-order chi connectivity index (χ1) is 13.5. The van der Waals surface area contributed by atoms with Crippen molar-refractivity contribution in [2.24, 2.45) is 0 Å². The van der Waals surface area contributed by atoms with Crippen LogP contribution in [0.2, 0.25) is 0 Å². The van der Waals surface area contributed by atoms with E-state index >= 15 is 0 Å². The van der Waals surface area contributed by atoms with E-state index in [1.165, 1.54) is 30.3 Å².